The van der Waals surface area contributed by atoms with Crippen LogP contribution in [0.5, 0.6) is 0 Å². The minimum absolute atomic E-state index is 0.160. The molecule has 2 aliphatic heterocycles. The van der Waals surface area contributed by atoms with Gasteiger partial charge in [0.05, 0.1) is 12.7 Å². The molecule has 8 heteroatoms. The monoisotopic (exact) mass is 368 g/mol. The maximum Gasteiger partial charge on any atom is 0.328 e. The summed E-state index contributed by atoms with van der Waals surface area (Å²) in [6.07, 6.45) is 8.43. The summed E-state index contributed by atoms with van der Waals surface area (Å²) >= 11 is 0. The van der Waals surface area contributed by atoms with Crippen LogP contribution in [0.15, 0.2) is 4.99 Å². The van der Waals surface area contributed by atoms with Gasteiger partial charge in [-0.15, -0.1) is 0 Å². The molecule has 0 aliphatic carbocycles. The lowest BCUT2D eigenvalue weighted by atomic mass is 10.1. The molecule has 0 aromatic heterocycles. The lowest BCUT2D eigenvalue weighted by Crippen LogP contribution is -2.67. The zero-order valence-corrected chi connectivity index (χ0v) is 15.6. The molecule has 0 aromatic rings. The van der Waals surface area contributed by atoms with Gasteiger partial charge >= 0.3 is 6.03 Å². The van der Waals surface area contributed by atoms with Crippen LogP contribution in [0, 0.1) is 0 Å². The SMILES string of the molecule is CN1C(=O)N(CCCCCCCCCC(O)CO)C(=O)C2NCC=NC21. The van der Waals surface area contributed by atoms with Gasteiger partial charge in [-0.2, -0.15) is 0 Å². The largest absolute Gasteiger partial charge is 0.394 e. The van der Waals surface area contributed by atoms with Crippen LogP contribution in [0.4, 0.5) is 4.79 Å². The van der Waals surface area contributed by atoms with Crippen LogP contribution in [-0.4, -0.2) is 83.2 Å². The molecule has 3 atom stereocenters. The number of aliphatic imine (C=N–C) groups is 1. The molecule has 3 unspecified atom stereocenters. The van der Waals surface area contributed by atoms with E-state index in [0.717, 1.165) is 44.9 Å². The Bertz CT molecular complexity index is 500. The minimum Gasteiger partial charge on any atom is -0.394 e. The summed E-state index contributed by atoms with van der Waals surface area (Å²) in [6, 6.07) is -0.698. The Balaban J connectivity index is 1.61. The zero-order chi connectivity index (χ0) is 18.9. The van der Waals surface area contributed by atoms with Gasteiger partial charge in [0.2, 0.25) is 0 Å². The molecule has 0 saturated carbocycles. The molecule has 26 heavy (non-hydrogen) atoms. The molecule has 3 amide bonds. The number of carbonyl (C=O) groups excluding carboxylic acids is 2. The van der Waals surface area contributed by atoms with E-state index in [1.807, 2.05) is 0 Å². The van der Waals surface area contributed by atoms with Crippen molar-refractivity contribution in [1.82, 2.24) is 15.1 Å². The van der Waals surface area contributed by atoms with E-state index in [9.17, 15) is 14.7 Å². The van der Waals surface area contributed by atoms with E-state index < -0.39 is 18.3 Å². The molecule has 2 rings (SSSR count). The number of urea groups is 1. The molecule has 2 aliphatic rings. The van der Waals surface area contributed by atoms with Gasteiger partial charge in [0.25, 0.3) is 5.91 Å². The molecular weight excluding hydrogens is 336 g/mol. The van der Waals surface area contributed by atoms with Crippen LogP contribution in [0.25, 0.3) is 0 Å². The number of hydrogen-bond donors (Lipinski definition) is 3. The molecule has 8 nitrogen and oxygen atoms in total. The van der Waals surface area contributed by atoms with Crippen molar-refractivity contribution in [3.8, 4) is 0 Å². The number of nitrogens with zero attached hydrogens (tertiary/aromatic N) is 3. The van der Waals surface area contributed by atoms with Crippen LogP contribution >= 0.6 is 0 Å². The molecule has 0 radical (unpaired) electrons. The Kier molecular flexibility index (Phi) is 8.47. The average Bonchev–Trinajstić information content (AvgIpc) is 2.66. The third-order valence-electron chi connectivity index (χ3n) is 5.08. The van der Waals surface area contributed by atoms with E-state index in [2.05, 4.69) is 10.3 Å². The van der Waals surface area contributed by atoms with Crippen molar-refractivity contribution in [3.63, 3.8) is 0 Å². The van der Waals surface area contributed by atoms with Gasteiger partial charge in [0, 0.05) is 26.4 Å². The van der Waals surface area contributed by atoms with Gasteiger partial charge in [0.1, 0.15) is 12.2 Å². The Hall–Kier alpha value is -1.51. The van der Waals surface area contributed by atoms with Crippen LogP contribution in [0.2, 0.25) is 0 Å². The highest BCUT2D eigenvalue weighted by Crippen LogP contribution is 2.20. The first kappa shape index (κ1) is 20.8. The Morgan fingerprint density at radius 3 is 2.54 bits per heavy atom. The number of imide groups is 1. The Morgan fingerprint density at radius 2 is 1.85 bits per heavy atom. The van der Waals surface area contributed by atoms with Crippen molar-refractivity contribution in [2.45, 2.75) is 69.7 Å². The van der Waals surface area contributed by atoms with Crippen molar-refractivity contribution >= 4 is 18.2 Å². The summed E-state index contributed by atoms with van der Waals surface area (Å²) in [4.78, 5) is 32.1. The average molecular weight is 368 g/mol. The fourth-order valence-corrected chi connectivity index (χ4v) is 3.47. The number of nitrogens with one attached hydrogen (secondary N) is 1. The summed E-state index contributed by atoms with van der Waals surface area (Å²) in [5.74, 6) is -0.169. The van der Waals surface area contributed by atoms with Gasteiger partial charge < -0.3 is 15.1 Å². The molecule has 3 N–H and O–H groups in total. The molecule has 0 aromatic carbocycles. The van der Waals surface area contributed by atoms with Crippen molar-refractivity contribution < 1.29 is 19.8 Å². The summed E-state index contributed by atoms with van der Waals surface area (Å²) in [6.45, 7) is 0.851. The van der Waals surface area contributed by atoms with Crippen molar-refractivity contribution in [2.75, 3.05) is 26.7 Å². The number of carbonyl (C=O) groups is 2. The molecule has 148 valence electrons. The second kappa shape index (κ2) is 10.6. The van der Waals surface area contributed by atoms with Crippen molar-refractivity contribution in [2.24, 2.45) is 4.99 Å². The Labute approximate surface area is 155 Å². The van der Waals surface area contributed by atoms with Gasteiger partial charge in [0.15, 0.2) is 0 Å². The van der Waals surface area contributed by atoms with Gasteiger partial charge in [-0.25, -0.2) is 4.79 Å². The summed E-state index contributed by atoms with van der Waals surface area (Å²) in [7, 11) is 1.69. The second-order valence-electron chi connectivity index (χ2n) is 7.11. The van der Waals surface area contributed by atoms with E-state index in [1.54, 1.807) is 13.3 Å². The number of aliphatic hydroxyl groups is 2. The lowest BCUT2D eigenvalue weighted by molar-refractivity contribution is -0.135. The number of hydrogen-bond acceptors (Lipinski definition) is 6. The standard InChI is InChI=1S/C18H32N4O4/c1-21-16-15(19-10-11-20-16)17(25)22(18(21)26)12-8-6-4-2-3-5-7-9-14(24)13-23/h11,14-16,19,23-24H,2-10,12-13H2,1H3. The first-order chi connectivity index (χ1) is 12.6. The fraction of sp³-hybridized carbons (Fsp3) is 0.833. The maximum absolute atomic E-state index is 12.5. The zero-order valence-electron chi connectivity index (χ0n) is 15.6. The van der Waals surface area contributed by atoms with Gasteiger partial charge in [-0.05, 0) is 12.8 Å². The minimum atomic E-state index is -0.586. The maximum atomic E-state index is 12.5. The number of likely N-dealkylation sites (N-methyl/N-ethyl adjacent to an activating group) is 1. The third-order valence-corrected chi connectivity index (χ3v) is 5.08. The number of aliphatic hydroxyl groups excluding tert-OH is 2. The number of fused-ring (bicyclic) bond motifs is 1. The van der Waals surface area contributed by atoms with Crippen LogP contribution in [-0.2, 0) is 4.79 Å². The van der Waals surface area contributed by atoms with E-state index in [1.165, 1.54) is 9.80 Å². The fourth-order valence-electron chi connectivity index (χ4n) is 3.47. The van der Waals surface area contributed by atoms with Crippen molar-refractivity contribution in [3.05, 3.63) is 0 Å². The molecule has 0 bridgehead atoms. The van der Waals surface area contributed by atoms with Gasteiger partial charge in [-0.1, -0.05) is 38.5 Å². The van der Waals surface area contributed by atoms with Gasteiger partial charge in [-0.3, -0.25) is 20.0 Å². The van der Waals surface area contributed by atoms with Crippen molar-refractivity contribution in [1.29, 1.82) is 0 Å². The smallest absolute Gasteiger partial charge is 0.328 e. The van der Waals surface area contributed by atoms with Crippen LogP contribution < -0.4 is 5.32 Å². The Morgan fingerprint density at radius 1 is 1.19 bits per heavy atom. The number of rotatable bonds is 11. The summed E-state index contributed by atoms with van der Waals surface area (Å²) in [5, 5.41) is 21.1. The quantitative estimate of drug-likeness (QED) is 0.466. The third kappa shape index (κ3) is 5.49. The second-order valence-corrected chi connectivity index (χ2v) is 7.11. The van der Waals surface area contributed by atoms with Crippen LogP contribution in [0.1, 0.15) is 51.4 Å². The topological polar surface area (TPSA) is 105 Å². The molecule has 1 fully saturated rings. The number of unbranched alkanes of at least 4 members (excludes halogenated alkanes) is 6. The number of amides is 3. The summed E-state index contributed by atoms with van der Waals surface area (Å²) in [5.41, 5.74) is 0. The highest BCUT2D eigenvalue weighted by molar-refractivity contribution is 6.00. The van der Waals surface area contributed by atoms with Crippen LogP contribution in [0.3, 0.4) is 0 Å². The lowest BCUT2D eigenvalue weighted by Gasteiger charge is -2.42. The molecular formula is C18H32N4O4. The first-order valence-electron chi connectivity index (χ1n) is 9.68. The predicted octanol–water partition coefficient (Wildman–Crippen LogP) is 0.723. The van der Waals surface area contributed by atoms with E-state index in [4.69, 9.17) is 5.11 Å². The first-order valence-corrected chi connectivity index (χ1v) is 9.68. The van der Waals surface area contributed by atoms with E-state index in [-0.39, 0.29) is 18.5 Å². The molecule has 0 spiro atoms. The molecule has 2 heterocycles. The highest BCUT2D eigenvalue weighted by atomic mass is 16.3. The summed E-state index contributed by atoms with van der Waals surface area (Å²) < 4.78 is 0. The normalized spacial score (nSPS) is 24.1. The van der Waals surface area contributed by atoms with E-state index in [0.29, 0.717) is 19.5 Å². The highest BCUT2D eigenvalue weighted by Gasteiger charge is 2.44. The molecule has 1 saturated heterocycles. The van der Waals surface area contributed by atoms with E-state index >= 15 is 0 Å². The predicted molar refractivity (Wildman–Crippen MR) is 99.0 cm³/mol.